The first kappa shape index (κ1) is 11.6. The minimum atomic E-state index is -0.562. The van der Waals surface area contributed by atoms with Gasteiger partial charge in [-0.15, -0.1) is 0 Å². The van der Waals surface area contributed by atoms with Crippen molar-refractivity contribution in [2.45, 2.75) is 44.8 Å². The van der Waals surface area contributed by atoms with E-state index in [1.54, 1.807) is 0 Å². The van der Waals surface area contributed by atoms with Gasteiger partial charge in [-0.05, 0) is 18.9 Å². The van der Waals surface area contributed by atoms with Crippen molar-refractivity contribution in [2.75, 3.05) is 13.1 Å². The van der Waals surface area contributed by atoms with Gasteiger partial charge in [0, 0.05) is 25.7 Å². The number of β-amino-alcohol motifs (C(OH)–C–C–N with tert-alkyl or cyclic N) is 1. The largest absolute Gasteiger partial charge is 0.387 e. The Morgan fingerprint density at radius 3 is 2.69 bits per heavy atom. The van der Waals surface area contributed by atoms with Gasteiger partial charge in [0.15, 0.2) is 0 Å². The topological polar surface area (TPSA) is 50.1 Å². The SMILES string of the molecule is CCC(CC)n1ccc(CC2(O)CNC2)n1. The number of nitrogens with one attached hydrogen (secondary N) is 1. The standard InChI is InChI=1S/C12H21N3O/c1-3-11(4-2)15-6-5-10(14-15)7-12(16)8-13-9-12/h5-6,11,13,16H,3-4,7-9H2,1-2H3. The van der Waals surface area contributed by atoms with Crippen LogP contribution < -0.4 is 5.32 Å². The molecule has 1 aliphatic heterocycles. The summed E-state index contributed by atoms with van der Waals surface area (Å²) in [6, 6.07) is 2.51. The van der Waals surface area contributed by atoms with Crippen molar-refractivity contribution in [1.82, 2.24) is 15.1 Å². The first-order valence-corrected chi connectivity index (χ1v) is 6.14. The van der Waals surface area contributed by atoms with E-state index >= 15 is 0 Å². The van der Waals surface area contributed by atoms with Crippen LogP contribution in [0.1, 0.15) is 38.4 Å². The molecule has 0 aromatic carbocycles. The monoisotopic (exact) mass is 223 g/mol. The molecule has 4 nitrogen and oxygen atoms in total. The van der Waals surface area contributed by atoms with Crippen LogP contribution >= 0.6 is 0 Å². The summed E-state index contributed by atoms with van der Waals surface area (Å²) in [5.74, 6) is 0. The zero-order chi connectivity index (χ0) is 11.6. The summed E-state index contributed by atoms with van der Waals surface area (Å²) < 4.78 is 2.03. The van der Waals surface area contributed by atoms with Gasteiger partial charge in [0.05, 0.1) is 17.3 Å². The molecule has 1 aromatic rings. The van der Waals surface area contributed by atoms with Gasteiger partial charge in [-0.1, -0.05) is 13.8 Å². The molecule has 0 unspecified atom stereocenters. The molecule has 16 heavy (non-hydrogen) atoms. The Hall–Kier alpha value is -0.870. The summed E-state index contributed by atoms with van der Waals surface area (Å²) in [6.45, 7) is 5.73. The van der Waals surface area contributed by atoms with E-state index in [1.165, 1.54) is 0 Å². The molecule has 90 valence electrons. The summed E-state index contributed by atoms with van der Waals surface area (Å²) in [4.78, 5) is 0. The highest BCUT2D eigenvalue weighted by Gasteiger charge is 2.35. The quantitative estimate of drug-likeness (QED) is 0.786. The number of nitrogens with zero attached hydrogens (tertiary/aromatic N) is 2. The lowest BCUT2D eigenvalue weighted by atomic mass is 9.92. The molecule has 2 N–H and O–H groups in total. The van der Waals surface area contributed by atoms with E-state index in [9.17, 15) is 5.11 Å². The van der Waals surface area contributed by atoms with Crippen LogP contribution in [0.4, 0.5) is 0 Å². The van der Waals surface area contributed by atoms with Crippen molar-refractivity contribution in [3.8, 4) is 0 Å². The lowest BCUT2D eigenvalue weighted by Crippen LogP contribution is -2.60. The fourth-order valence-electron chi connectivity index (χ4n) is 2.21. The molecule has 2 heterocycles. The zero-order valence-electron chi connectivity index (χ0n) is 10.1. The average molecular weight is 223 g/mol. The van der Waals surface area contributed by atoms with Gasteiger partial charge >= 0.3 is 0 Å². The molecule has 1 saturated heterocycles. The van der Waals surface area contributed by atoms with Crippen molar-refractivity contribution >= 4 is 0 Å². The fraction of sp³-hybridized carbons (Fsp3) is 0.750. The van der Waals surface area contributed by atoms with Gasteiger partial charge in [-0.3, -0.25) is 4.68 Å². The highest BCUT2D eigenvalue weighted by molar-refractivity contribution is 5.08. The summed E-state index contributed by atoms with van der Waals surface area (Å²) >= 11 is 0. The van der Waals surface area contributed by atoms with Crippen molar-refractivity contribution in [3.63, 3.8) is 0 Å². The third-order valence-corrected chi connectivity index (χ3v) is 3.40. The first-order chi connectivity index (χ1) is 7.67. The van der Waals surface area contributed by atoms with E-state index in [-0.39, 0.29) is 0 Å². The smallest absolute Gasteiger partial charge is 0.0950 e. The Kier molecular flexibility index (Phi) is 3.30. The van der Waals surface area contributed by atoms with Crippen LogP contribution in [0.15, 0.2) is 12.3 Å². The Morgan fingerprint density at radius 1 is 1.50 bits per heavy atom. The predicted molar refractivity (Wildman–Crippen MR) is 63.4 cm³/mol. The van der Waals surface area contributed by atoms with Crippen molar-refractivity contribution in [2.24, 2.45) is 0 Å². The van der Waals surface area contributed by atoms with Gasteiger partial charge in [-0.25, -0.2) is 0 Å². The minimum absolute atomic E-state index is 0.489. The maximum absolute atomic E-state index is 10.0. The van der Waals surface area contributed by atoms with Crippen molar-refractivity contribution in [3.05, 3.63) is 18.0 Å². The van der Waals surface area contributed by atoms with Crippen molar-refractivity contribution in [1.29, 1.82) is 0 Å². The Bertz CT molecular complexity index is 340. The van der Waals surface area contributed by atoms with E-state index in [1.807, 2.05) is 16.9 Å². The molecule has 0 aliphatic carbocycles. The summed E-state index contributed by atoms with van der Waals surface area (Å²) in [5.41, 5.74) is 0.434. The number of aromatic nitrogens is 2. The van der Waals surface area contributed by atoms with Crippen molar-refractivity contribution < 1.29 is 5.11 Å². The van der Waals surface area contributed by atoms with Crippen LogP contribution in [0, 0.1) is 0 Å². The second-order valence-corrected chi connectivity index (χ2v) is 4.76. The molecular weight excluding hydrogens is 202 g/mol. The second kappa shape index (κ2) is 4.55. The minimum Gasteiger partial charge on any atom is -0.387 e. The maximum atomic E-state index is 10.0. The number of rotatable bonds is 5. The normalized spacial score (nSPS) is 18.8. The van der Waals surface area contributed by atoms with E-state index in [4.69, 9.17) is 0 Å². The predicted octanol–water partition coefficient (Wildman–Crippen LogP) is 1.12. The lowest BCUT2D eigenvalue weighted by Gasteiger charge is -2.37. The fourth-order valence-corrected chi connectivity index (χ4v) is 2.21. The van der Waals surface area contributed by atoms with Crippen LogP contribution in [0.25, 0.3) is 0 Å². The molecule has 0 spiro atoms. The van der Waals surface area contributed by atoms with Gasteiger partial charge in [-0.2, -0.15) is 5.10 Å². The zero-order valence-corrected chi connectivity index (χ0v) is 10.1. The lowest BCUT2D eigenvalue weighted by molar-refractivity contribution is -0.00996. The van der Waals surface area contributed by atoms with Crippen LogP contribution in [0.2, 0.25) is 0 Å². The van der Waals surface area contributed by atoms with Gasteiger partial charge < -0.3 is 10.4 Å². The summed E-state index contributed by atoms with van der Waals surface area (Å²) in [6.07, 6.45) is 4.89. The van der Waals surface area contributed by atoms with Crippen LogP contribution in [0.5, 0.6) is 0 Å². The first-order valence-electron chi connectivity index (χ1n) is 6.14. The Labute approximate surface area is 96.7 Å². The highest BCUT2D eigenvalue weighted by Crippen LogP contribution is 2.19. The molecule has 2 rings (SSSR count). The van der Waals surface area contributed by atoms with Crippen LogP contribution in [-0.2, 0) is 6.42 Å². The molecule has 1 aromatic heterocycles. The van der Waals surface area contributed by atoms with Gasteiger partial charge in [0.25, 0.3) is 0 Å². The third kappa shape index (κ3) is 2.28. The Morgan fingerprint density at radius 2 is 2.19 bits per heavy atom. The molecule has 1 fully saturated rings. The summed E-state index contributed by atoms with van der Waals surface area (Å²) in [7, 11) is 0. The molecule has 4 heteroatoms. The van der Waals surface area contributed by atoms with E-state index in [0.29, 0.717) is 25.6 Å². The third-order valence-electron chi connectivity index (χ3n) is 3.40. The van der Waals surface area contributed by atoms with Gasteiger partial charge in [0.1, 0.15) is 0 Å². The van der Waals surface area contributed by atoms with E-state index in [0.717, 1.165) is 18.5 Å². The molecule has 0 atom stereocenters. The molecule has 0 saturated carbocycles. The second-order valence-electron chi connectivity index (χ2n) is 4.76. The molecular formula is C12H21N3O. The molecule has 1 aliphatic rings. The van der Waals surface area contributed by atoms with Crippen LogP contribution in [-0.4, -0.2) is 33.6 Å². The molecule has 0 bridgehead atoms. The van der Waals surface area contributed by atoms with Crippen LogP contribution in [0.3, 0.4) is 0 Å². The highest BCUT2D eigenvalue weighted by atomic mass is 16.3. The van der Waals surface area contributed by atoms with E-state index < -0.39 is 5.60 Å². The number of hydrogen-bond donors (Lipinski definition) is 2. The maximum Gasteiger partial charge on any atom is 0.0950 e. The molecule has 0 amide bonds. The van der Waals surface area contributed by atoms with E-state index in [2.05, 4.69) is 24.3 Å². The number of hydrogen-bond acceptors (Lipinski definition) is 3. The van der Waals surface area contributed by atoms with Gasteiger partial charge in [0.2, 0.25) is 0 Å². The Balaban J connectivity index is 2.01. The number of aliphatic hydroxyl groups is 1. The summed E-state index contributed by atoms with van der Waals surface area (Å²) in [5, 5.41) is 17.7. The average Bonchev–Trinajstić information content (AvgIpc) is 2.66. The molecule has 0 radical (unpaired) electrons.